The van der Waals surface area contributed by atoms with E-state index in [2.05, 4.69) is 12.1 Å². The number of benzene rings is 1. The minimum atomic E-state index is 0.331. The molecule has 0 aliphatic rings. The SMILES string of the molecule is CC(CC#N)c1c[c]ccc1. The molecule has 0 aliphatic heterocycles. The Morgan fingerprint density at radius 2 is 2.55 bits per heavy atom. The van der Waals surface area contributed by atoms with Crippen LogP contribution in [0, 0.1) is 17.4 Å². The summed E-state index contributed by atoms with van der Waals surface area (Å²) in [5.74, 6) is 0.331. The van der Waals surface area contributed by atoms with Gasteiger partial charge < -0.3 is 0 Å². The number of hydrogen-bond donors (Lipinski definition) is 0. The highest BCUT2D eigenvalue weighted by Gasteiger charge is 2.01. The molecule has 0 amide bonds. The van der Waals surface area contributed by atoms with Crippen LogP contribution in [-0.2, 0) is 0 Å². The lowest BCUT2D eigenvalue weighted by Gasteiger charge is -2.05. The molecule has 0 spiro atoms. The third kappa shape index (κ3) is 2.09. The Morgan fingerprint density at radius 1 is 1.73 bits per heavy atom. The molecule has 11 heavy (non-hydrogen) atoms. The van der Waals surface area contributed by atoms with E-state index >= 15 is 0 Å². The van der Waals surface area contributed by atoms with E-state index in [9.17, 15) is 0 Å². The molecule has 1 nitrogen and oxygen atoms in total. The van der Waals surface area contributed by atoms with Crippen LogP contribution in [-0.4, -0.2) is 0 Å². The van der Waals surface area contributed by atoms with Gasteiger partial charge in [-0.15, -0.1) is 0 Å². The molecule has 0 saturated heterocycles. The molecule has 0 heterocycles. The Balaban J connectivity index is 2.70. The normalized spacial score (nSPS) is 12.0. The maximum absolute atomic E-state index is 8.44. The highest BCUT2D eigenvalue weighted by atomic mass is 14.2. The van der Waals surface area contributed by atoms with E-state index in [1.54, 1.807) is 0 Å². The van der Waals surface area contributed by atoms with Crippen molar-refractivity contribution in [3.8, 4) is 6.07 Å². The Bertz CT molecular complexity index is 245. The van der Waals surface area contributed by atoms with E-state index in [0.717, 1.165) is 0 Å². The van der Waals surface area contributed by atoms with Gasteiger partial charge in [0.15, 0.2) is 0 Å². The molecule has 1 unspecified atom stereocenters. The highest BCUT2D eigenvalue weighted by Crippen LogP contribution is 2.16. The summed E-state index contributed by atoms with van der Waals surface area (Å²) < 4.78 is 0. The third-order valence-electron chi connectivity index (χ3n) is 1.70. The molecule has 55 valence electrons. The summed E-state index contributed by atoms with van der Waals surface area (Å²) in [6, 6.07) is 12.9. The minimum absolute atomic E-state index is 0.331. The molecule has 1 aromatic rings. The van der Waals surface area contributed by atoms with Crippen LogP contribution < -0.4 is 0 Å². The first kappa shape index (κ1) is 7.81. The fraction of sp³-hybridized carbons (Fsp3) is 0.300. The van der Waals surface area contributed by atoms with E-state index in [0.29, 0.717) is 12.3 Å². The van der Waals surface area contributed by atoms with Gasteiger partial charge in [-0.3, -0.25) is 0 Å². The Labute approximate surface area is 67.3 Å². The lowest BCUT2D eigenvalue weighted by molar-refractivity contribution is 0.789. The number of hydrogen-bond acceptors (Lipinski definition) is 1. The first-order chi connectivity index (χ1) is 5.34. The molecular weight excluding hydrogens is 134 g/mol. The maximum Gasteiger partial charge on any atom is 0.0628 e. The molecule has 1 aromatic carbocycles. The summed E-state index contributed by atoms with van der Waals surface area (Å²) in [6.45, 7) is 2.05. The van der Waals surface area contributed by atoms with E-state index < -0.39 is 0 Å². The molecule has 1 rings (SSSR count). The average molecular weight is 144 g/mol. The van der Waals surface area contributed by atoms with Gasteiger partial charge in [-0.05, 0) is 17.5 Å². The standard InChI is InChI=1S/C10H10N/c1-9(7-8-11)10-5-3-2-4-6-10/h2-3,5-6,9H,7H2,1H3. The Kier molecular flexibility index (Phi) is 2.68. The van der Waals surface area contributed by atoms with Crippen LogP contribution >= 0.6 is 0 Å². The van der Waals surface area contributed by atoms with Crippen molar-refractivity contribution >= 4 is 0 Å². The van der Waals surface area contributed by atoms with Crippen LogP contribution in [0.15, 0.2) is 24.3 Å². The van der Waals surface area contributed by atoms with Gasteiger partial charge in [0.25, 0.3) is 0 Å². The number of nitriles is 1. The second kappa shape index (κ2) is 3.78. The Hall–Kier alpha value is -1.29. The lowest BCUT2D eigenvalue weighted by atomic mass is 9.99. The zero-order chi connectivity index (χ0) is 8.10. The molecular formula is C10H10N. The van der Waals surface area contributed by atoms with Crippen molar-refractivity contribution in [1.29, 1.82) is 5.26 Å². The van der Waals surface area contributed by atoms with Crippen LogP contribution in [0.1, 0.15) is 24.8 Å². The number of nitrogens with zero attached hydrogens (tertiary/aromatic N) is 1. The third-order valence-corrected chi connectivity index (χ3v) is 1.70. The molecule has 1 heteroatoms. The summed E-state index contributed by atoms with van der Waals surface area (Å²) in [4.78, 5) is 0. The largest absolute Gasteiger partial charge is 0.198 e. The summed E-state index contributed by atoms with van der Waals surface area (Å²) in [7, 11) is 0. The van der Waals surface area contributed by atoms with Gasteiger partial charge in [-0.2, -0.15) is 5.26 Å². The summed E-state index contributed by atoms with van der Waals surface area (Å²) >= 11 is 0. The van der Waals surface area contributed by atoms with Crippen molar-refractivity contribution < 1.29 is 0 Å². The minimum Gasteiger partial charge on any atom is -0.198 e. The van der Waals surface area contributed by atoms with E-state index in [1.165, 1.54) is 5.56 Å². The van der Waals surface area contributed by atoms with E-state index in [4.69, 9.17) is 5.26 Å². The van der Waals surface area contributed by atoms with Gasteiger partial charge in [-0.25, -0.2) is 0 Å². The van der Waals surface area contributed by atoms with Crippen LogP contribution in [0.4, 0.5) is 0 Å². The van der Waals surface area contributed by atoms with E-state index in [1.807, 2.05) is 31.2 Å². The highest BCUT2D eigenvalue weighted by molar-refractivity contribution is 5.18. The van der Waals surface area contributed by atoms with Gasteiger partial charge in [0, 0.05) is 6.42 Å². The first-order valence-corrected chi connectivity index (χ1v) is 3.67. The average Bonchev–Trinajstić information content (AvgIpc) is 2.07. The van der Waals surface area contributed by atoms with E-state index in [-0.39, 0.29) is 0 Å². The first-order valence-electron chi connectivity index (χ1n) is 3.67. The number of rotatable bonds is 2. The van der Waals surface area contributed by atoms with Crippen LogP contribution in [0.2, 0.25) is 0 Å². The van der Waals surface area contributed by atoms with Gasteiger partial charge in [-0.1, -0.05) is 31.2 Å². The zero-order valence-electron chi connectivity index (χ0n) is 6.54. The molecule has 0 fully saturated rings. The molecule has 0 N–H and O–H groups in total. The van der Waals surface area contributed by atoms with Gasteiger partial charge in [0.1, 0.15) is 0 Å². The van der Waals surface area contributed by atoms with Crippen molar-refractivity contribution in [2.45, 2.75) is 19.3 Å². The predicted octanol–water partition coefficient (Wildman–Crippen LogP) is 2.50. The van der Waals surface area contributed by atoms with Crippen molar-refractivity contribution in [3.63, 3.8) is 0 Å². The van der Waals surface area contributed by atoms with Crippen molar-refractivity contribution in [2.75, 3.05) is 0 Å². The van der Waals surface area contributed by atoms with Crippen LogP contribution in [0.5, 0.6) is 0 Å². The van der Waals surface area contributed by atoms with Crippen LogP contribution in [0.25, 0.3) is 0 Å². The molecule has 1 atom stereocenters. The monoisotopic (exact) mass is 144 g/mol. The smallest absolute Gasteiger partial charge is 0.0628 e. The Morgan fingerprint density at radius 3 is 3.09 bits per heavy atom. The fourth-order valence-corrected chi connectivity index (χ4v) is 0.969. The molecule has 0 bridgehead atoms. The van der Waals surface area contributed by atoms with Crippen molar-refractivity contribution in [1.82, 2.24) is 0 Å². The molecule has 0 saturated carbocycles. The second-order valence-electron chi connectivity index (χ2n) is 2.60. The topological polar surface area (TPSA) is 23.8 Å². The molecule has 0 aromatic heterocycles. The van der Waals surface area contributed by atoms with Crippen LogP contribution in [0.3, 0.4) is 0 Å². The quantitative estimate of drug-likeness (QED) is 0.625. The second-order valence-corrected chi connectivity index (χ2v) is 2.60. The van der Waals surface area contributed by atoms with Crippen molar-refractivity contribution in [3.05, 3.63) is 35.9 Å². The van der Waals surface area contributed by atoms with Gasteiger partial charge >= 0.3 is 0 Å². The lowest BCUT2D eigenvalue weighted by Crippen LogP contribution is -1.90. The maximum atomic E-state index is 8.44. The summed E-state index contributed by atoms with van der Waals surface area (Å²) in [5.41, 5.74) is 1.19. The van der Waals surface area contributed by atoms with Crippen molar-refractivity contribution in [2.24, 2.45) is 0 Å². The predicted molar refractivity (Wildman–Crippen MR) is 43.9 cm³/mol. The zero-order valence-corrected chi connectivity index (χ0v) is 6.54. The van der Waals surface area contributed by atoms with Gasteiger partial charge in [0.2, 0.25) is 0 Å². The fourth-order valence-electron chi connectivity index (χ4n) is 0.969. The van der Waals surface area contributed by atoms with Gasteiger partial charge in [0.05, 0.1) is 6.07 Å². The molecule has 1 radical (unpaired) electrons. The molecule has 0 aliphatic carbocycles. The summed E-state index contributed by atoms with van der Waals surface area (Å²) in [5, 5.41) is 8.44. The summed E-state index contributed by atoms with van der Waals surface area (Å²) in [6.07, 6.45) is 0.581.